The van der Waals surface area contributed by atoms with Crippen LogP contribution >= 0.6 is 0 Å². The van der Waals surface area contributed by atoms with Crippen LogP contribution in [0.25, 0.3) is 0 Å². The predicted octanol–water partition coefficient (Wildman–Crippen LogP) is 3.03. The van der Waals surface area contributed by atoms with Crippen molar-refractivity contribution in [1.29, 1.82) is 0 Å². The Morgan fingerprint density at radius 3 is 2.47 bits per heavy atom. The fourth-order valence-electron chi connectivity index (χ4n) is 1.97. The van der Waals surface area contributed by atoms with Crippen LogP contribution in [0.4, 0.5) is 11.4 Å². The van der Waals surface area contributed by atoms with Gasteiger partial charge in [0.2, 0.25) is 0 Å². The number of hydrogen-bond acceptors (Lipinski definition) is 4. The molecule has 0 bridgehead atoms. The molecule has 0 amide bonds. The Balaban J connectivity index is 2.19. The van der Waals surface area contributed by atoms with Gasteiger partial charge in [-0.2, -0.15) is 0 Å². The summed E-state index contributed by atoms with van der Waals surface area (Å²) in [6.07, 6.45) is 3.61. The molecule has 0 aliphatic carbocycles. The van der Waals surface area contributed by atoms with E-state index in [9.17, 15) is 5.11 Å². The Bertz CT molecular complexity index is 537. The van der Waals surface area contributed by atoms with E-state index in [0.29, 0.717) is 0 Å². The number of nitrogens with zero attached hydrogens (tertiary/aromatic N) is 2. The van der Waals surface area contributed by atoms with E-state index in [1.165, 1.54) is 0 Å². The second-order valence-electron chi connectivity index (χ2n) is 4.74. The fourth-order valence-corrected chi connectivity index (χ4v) is 1.97. The van der Waals surface area contributed by atoms with Crippen LogP contribution in [0, 0.1) is 0 Å². The molecule has 4 nitrogen and oxygen atoms in total. The zero-order chi connectivity index (χ0) is 13.8. The van der Waals surface area contributed by atoms with E-state index in [0.717, 1.165) is 16.9 Å². The van der Waals surface area contributed by atoms with Gasteiger partial charge in [0.05, 0.1) is 17.6 Å². The Kier molecular flexibility index (Phi) is 3.90. The van der Waals surface area contributed by atoms with Crippen molar-refractivity contribution in [3.05, 3.63) is 48.3 Å². The van der Waals surface area contributed by atoms with E-state index in [4.69, 9.17) is 0 Å². The molecule has 19 heavy (non-hydrogen) atoms. The van der Waals surface area contributed by atoms with Crippen LogP contribution in [0.1, 0.15) is 18.5 Å². The quantitative estimate of drug-likeness (QED) is 0.884. The fraction of sp³-hybridized carbons (Fsp3) is 0.267. The highest BCUT2D eigenvalue weighted by atomic mass is 16.3. The average Bonchev–Trinajstić information content (AvgIpc) is 2.39. The molecule has 2 N–H and O–H groups in total. The monoisotopic (exact) mass is 257 g/mol. The van der Waals surface area contributed by atoms with Gasteiger partial charge in [0.25, 0.3) is 0 Å². The number of nitrogens with one attached hydrogen (secondary N) is 1. The molecule has 0 saturated heterocycles. The SMILES string of the molecule is CC(Nc1cnccc1N(C)C)c1ccc(O)cc1. The van der Waals surface area contributed by atoms with Crippen molar-refractivity contribution >= 4 is 11.4 Å². The first kappa shape index (κ1) is 13.2. The number of phenols is 1. The normalized spacial score (nSPS) is 11.9. The van der Waals surface area contributed by atoms with Gasteiger partial charge in [0, 0.05) is 26.3 Å². The van der Waals surface area contributed by atoms with Crippen molar-refractivity contribution in [3.63, 3.8) is 0 Å². The van der Waals surface area contributed by atoms with Crippen LogP contribution in [0.3, 0.4) is 0 Å². The Labute approximate surface area is 113 Å². The lowest BCUT2D eigenvalue weighted by molar-refractivity contribution is 0.475. The molecule has 0 spiro atoms. The molecule has 0 fully saturated rings. The molecule has 0 radical (unpaired) electrons. The summed E-state index contributed by atoms with van der Waals surface area (Å²) in [5.41, 5.74) is 3.21. The molecule has 1 aromatic heterocycles. The molecule has 2 rings (SSSR count). The van der Waals surface area contributed by atoms with Crippen molar-refractivity contribution in [2.75, 3.05) is 24.3 Å². The lowest BCUT2D eigenvalue weighted by atomic mass is 10.1. The lowest BCUT2D eigenvalue weighted by Crippen LogP contribution is -2.14. The number of aromatic hydroxyl groups is 1. The minimum absolute atomic E-state index is 0.142. The minimum atomic E-state index is 0.142. The highest BCUT2D eigenvalue weighted by molar-refractivity contribution is 5.68. The summed E-state index contributed by atoms with van der Waals surface area (Å²) in [6, 6.07) is 9.35. The van der Waals surface area contributed by atoms with Gasteiger partial charge in [-0.05, 0) is 30.7 Å². The first-order chi connectivity index (χ1) is 9.08. The van der Waals surface area contributed by atoms with Crippen molar-refractivity contribution in [3.8, 4) is 5.75 Å². The van der Waals surface area contributed by atoms with Crippen molar-refractivity contribution in [2.24, 2.45) is 0 Å². The van der Waals surface area contributed by atoms with Crippen LogP contribution < -0.4 is 10.2 Å². The molecule has 0 aliphatic heterocycles. The third-order valence-corrected chi connectivity index (χ3v) is 3.04. The number of aromatic nitrogens is 1. The molecule has 0 aliphatic rings. The van der Waals surface area contributed by atoms with Crippen molar-refractivity contribution in [1.82, 2.24) is 4.98 Å². The number of pyridine rings is 1. The molecular weight excluding hydrogens is 238 g/mol. The van der Waals surface area contributed by atoms with Gasteiger partial charge in [-0.1, -0.05) is 12.1 Å². The van der Waals surface area contributed by atoms with Gasteiger partial charge < -0.3 is 15.3 Å². The van der Waals surface area contributed by atoms with E-state index >= 15 is 0 Å². The van der Waals surface area contributed by atoms with E-state index in [1.807, 2.05) is 43.4 Å². The van der Waals surface area contributed by atoms with E-state index < -0.39 is 0 Å². The Hall–Kier alpha value is -2.23. The standard InChI is InChI=1S/C15H19N3O/c1-11(12-4-6-13(19)7-5-12)17-14-10-16-9-8-15(14)18(2)3/h4-11,17,19H,1-3H3. The molecule has 1 unspecified atom stereocenters. The summed E-state index contributed by atoms with van der Waals surface area (Å²) in [7, 11) is 4.01. The number of anilines is 2. The van der Waals surface area contributed by atoms with Crippen LogP contribution in [0.15, 0.2) is 42.7 Å². The van der Waals surface area contributed by atoms with Gasteiger partial charge in [0.1, 0.15) is 5.75 Å². The van der Waals surface area contributed by atoms with Crippen LogP contribution in [-0.4, -0.2) is 24.2 Å². The van der Waals surface area contributed by atoms with Gasteiger partial charge >= 0.3 is 0 Å². The minimum Gasteiger partial charge on any atom is -0.508 e. The lowest BCUT2D eigenvalue weighted by Gasteiger charge is -2.21. The highest BCUT2D eigenvalue weighted by Crippen LogP contribution is 2.27. The maximum atomic E-state index is 9.31. The highest BCUT2D eigenvalue weighted by Gasteiger charge is 2.09. The van der Waals surface area contributed by atoms with E-state index in [1.54, 1.807) is 18.3 Å². The largest absolute Gasteiger partial charge is 0.508 e. The third-order valence-electron chi connectivity index (χ3n) is 3.04. The average molecular weight is 257 g/mol. The smallest absolute Gasteiger partial charge is 0.115 e. The number of benzene rings is 1. The van der Waals surface area contributed by atoms with Gasteiger partial charge in [-0.3, -0.25) is 4.98 Å². The van der Waals surface area contributed by atoms with Gasteiger partial charge in [0.15, 0.2) is 0 Å². The van der Waals surface area contributed by atoms with Gasteiger partial charge in [-0.15, -0.1) is 0 Å². The second-order valence-corrected chi connectivity index (χ2v) is 4.74. The topological polar surface area (TPSA) is 48.4 Å². The summed E-state index contributed by atoms with van der Waals surface area (Å²) in [4.78, 5) is 6.21. The van der Waals surface area contributed by atoms with E-state index in [-0.39, 0.29) is 11.8 Å². The molecule has 1 aromatic carbocycles. The summed E-state index contributed by atoms with van der Waals surface area (Å²) in [6.45, 7) is 2.08. The molecule has 4 heteroatoms. The maximum Gasteiger partial charge on any atom is 0.115 e. The Morgan fingerprint density at radius 1 is 1.16 bits per heavy atom. The third kappa shape index (κ3) is 3.16. The molecule has 100 valence electrons. The zero-order valence-electron chi connectivity index (χ0n) is 11.5. The molecule has 2 aromatic rings. The Morgan fingerprint density at radius 2 is 1.84 bits per heavy atom. The van der Waals surface area contributed by atoms with Crippen molar-refractivity contribution < 1.29 is 5.11 Å². The van der Waals surface area contributed by atoms with Crippen LogP contribution in [0.5, 0.6) is 5.75 Å². The molecular formula is C15H19N3O. The first-order valence-corrected chi connectivity index (χ1v) is 6.24. The summed E-state index contributed by atoms with van der Waals surface area (Å²) < 4.78 is 0. The van der Waals surface area contributed by atoms with Gasteiger partial charge in [-0.25, -0.2) is 0 Å². The maximum absolute atomic E-state index is 9.31. The first-order valence-electron chi connectivity index (χ1n) is 6.24. The van der Waals surface area contributed by atoms with E-state index in [2.05, 4.69) is 17.2 Å². The van der Waals surface area contributed by atoms with Crippen LogP contribution in [0.2, 0.25) is 0 Å². The molecule has 1 atom stereocenters. The zero-order valence-corrected chi connectivity index (χ0v) is 11.5. The molecule has 1 heterocycles. The second kappa shape index (κ2) is 5.61. The predicted molar refractivity (Wildman–Crippen MR) is 78.7 cm³/mol. The number of rotatable bonds is 4. The molecule has 0 saturated carbocycles. The number of phenolic OH excluding ortho intramolecular Hbond substituents is 1. The summed E-state index contributed by atoms with van der Waals surface area (Å²) in [5, 5.41) is 12.7. The summed E-state index contributed by atoms with van der Waals surface area (Å²) in [5.74, 6) is 0.284. The van der Waals surface area contributed by atoms with Crippen molar-refractivity contribution in [2.45, 2.75) is 13.0 Å². The number of hydrogen-bond donors (Lipinski definition) is 2. The summed E-state index contributed by atoms with van der Waals surface area (Å²) >= 11 is 0. The van der Waals surface area contributed by atoms with Crippen LogP contribution in [-0.2, 0) is 0 Å².